The minimum absolute atomic E-state index is 0.160. The molecule has 0 aromatic heterocycles. The number of halogens is 3. The van der Waals surface area contributed by atoms with Crippen molar-refractivity contribution < 1.29 is 43.3 Å². The lowest BCUT2D eigenvalue weighted by molar-refractivity contribution is -0.388. The monoisotopic (exact) mass is 450 g/mol. The van der Waals surface area contributed by atoms with Crippen molar-refractivity contribution in [2.24, 2.45) is 0 Å². The smallest absolute Gasteiger partial charge is 0.367 e. The molecule has 0 aliphatic heterocycles. The third-order valence-corrected chi connectivity index (χ3v) is 4.35. The standard InChI is InChI=1S/C13H17F3N2O8S2/c1-27(21,22)25-7-5-17(6-8-26-28(2,23)24)10-3-4-12(18(19)20)11(9-10)13(14,15)16/h3-4,9H,5-8H2,1-2H3. The minimum Gasteiger partial charge on any atom is -0.367 e. The van der Waals surface area contributed by atoms with Gasteiger partial charge in [0.2, 0.25) is 0 Å². The molecule has 1 aromatic carbocycles. The van der Waals surface area contributed by atoms with Crippen LogP contribution in [0.25, 0.3) is 0 Å². The molecule has 0 saturated heterocycles. The molecule has 0 radical (unpaired) electrons. The fraction of sp³-hybridized carbons (Fsp3) is 0.538. The minimum atomic E-state index is -5.02. The third kappa shape index (κ3) is 8.37. The van der Waals surface area contributed by atoms with Crippen molar-refractivity contribution in [3.63, 3.8) is 0 Å². The van der Waals surface area contributed by atoms with Crippen LogP contribution in [0.5, 0.6) is 0 Å². The Morgan fingerprint density at radius 3 is 1.86 bits per heavy atom. The average molecular weight is 450 g/mol. The number of hydrogen-bond acceptors (Lipinski definition) is 9. The van der Waals surface area contributed by atoms with Crippen LogP contribution in [-0.4, -0.2) is 60.6 Å². The van der Waals surface area contributed by atoms with Crippen LogP contribution in [0.3, 0.4) is 0 Å². The van der Waals surface area contributed by atoms with Crippen LogP contribution in [0.4, 0.5) is 24.5 Å². The predicted molar refractivity (Wildman–Crippen MR) is 91.9 cm³/mol. The molecule has 0 saturated carbocycles. The molecule has 10 nitrogen and oxygen atoms in total. The summed E-state index contributed by atoms with van der Waals surface area (Å²) in [5.41, 5.74) is -2.82. The molecule has 1 rings (SSSR count). The molecular formula is C13H17F3N2O8S2. The van der Waals surface area contributed by atoms with Gasteiger partial charge in [0.25, 0.3) is 25.9 Å². The van der Waals surface area contributed by atoms with Crippen molar-refractivity contribution in [3.05, 3.63) is 33.9 Å². The Morgan fingerprint density at radius 2 is 1.50 bits per heavy atom. The molecule has 0 aliphatic carbocycles. The maximum absolute atomic E-state index is 13.1. The van der Waals surface area contributed by atoms with Crippen LogP contribution >= 0.6 is 0 Å². The van der Waals surface area contributed by atoms with Gasteiger partial charge < -0.3 is 4.90 Å². The average Bonchev–Trinajstić information content (AvgIpc) is 2.49. The lowest BCUT2D eigenvalue weighted by Crippen LogP contribution is -2.32. The Morgan fingerprint density at radius 1 is 1.04 bits per heavy atom. The van der Waals surface area contributed by atoms with Crippen LogP contribution in [0.1, 0.15) is 5.56 Å². The first-order valence-electron chi connectivity index (χ1n) is 7.39. The van der Waals surface area contributed by atoms with Crippen LogP contribution in [-0.2, 0) is 34.8 Å². The molecule has 0 amide bonds. The van der Waals surface area contributed by atoms with Gasteiger partial charge in [-0.2, -0.15) is 30.0 Å². The second kappa shape index (κ2) is 9.02. The highest BCUT2D eigenvalue weighted by molar-refractivity contribution is 7.86. The molecule has 0 unspecified atom stereocenters. The number of benzene rings is 1. The van der Waals surface area contributed by atoms with Gasteiger partial charge in [-0.05, 0) is 12.1 Å². The van der Waals surface area contributed by atoms with Crippen molar-refractivity contribution >= 4 is 31.6 Å². The highest BCUT2D eigenvalue weighted by Gasteiger charge is 2.38. The van der Waals surface area contributed by atoms with Crippen molar-refractivity contribution in [2.75, 3.05) is 43.7 Å². The summed E-state index contributed by atoms with van der Waals surface area (Å²) in [4.78, 5) is 10.8. The van der Waals surface area contributed by atoms with E-state index in [9.17, 15) is 40.1 Å². The van der Waals surface area contributed by atoms with Gasteiger partial charge >= 0.3 is 6.18 Å². The van der Waals surface area contributed by atoms with Gasteiger partial charge in [0.15, 0.2) is 0 Å². The van der Waals surface area contributed by atoms with E-state index >= 15 is 0 Å². The fourth-order valence-corrected chi connectivity index (χ4v) is 2.83. The Kier molecular flexibility index (Phi) is 7.75. The molecule has 160 valence electrons. The zero-order valence-electron chi connectivity index (χ0n) is 14.7. The first kappa shape index (κ1) is 24.1. The molecular weight excluding hydrogens is 433 g/mol. The van der Waals surface area contributed by atoms with E-state index in [-0.39, 0.29) is 18.8 Å². The molecule has 15 heteroatoms. The van der Waals surface area contributed by atoms with Gasteiger partial charge in [-0.25, -0.2) is 0 Å². The van der Waals surface area contributed by atoms with Gasteiger partial charge in [0.1, 0.15) is 5.56 Å². The van der Waals surface area contributed by atoms with E-state index in [0.717, 1.165) is 23.5 Å². The van der Waals surface area contributed by atoms with E-state index < -0.39 is 55.8 Å². The van der Waals surface area contributed by atoms with Crippen LogP contribution < -0.4 is 4.90 Å². The Bertz CT molecular complexity index is 878. The van der Waals surface area contributed by atoms with Crippen LogP contribution in [0, 0.1) is 10.1 Å². The summed E-state index contributed by atoms with van der Waals surface area (Å²) in [6.07, 6.45) is -3.47. The van der Waals surface area contributed by atoms with E-state index in [1.165, 1.54) is 0 Å². The largest absolute Gasteiger partial charge is 0.423 e. The summed E-state index contributed by atoms with van der Waals surface area (Å²) in [6, 6.07) is 2.19. The molecule has 0 fully saturated rings. The maximum Gasteiger partial charge on any atom is 0.423 e. The first-order chi connectivity index (χ1) is 12.6. The molecule has 0 spiro atoms. The Labute approximate surface area is 159 Å². The number of hydrogen-bond donors (Lipinski definition) is 0. The summed E-state index contributed by atoms with van der Waals surface area (Å²) >= 11 is 0. The van der Waals surface area contributed by atoms with Gasteiger partial charge in [-0.15, -0.1) is 0 Å². The number of nitrogens with zero attached hydrogens (tertiary/aromatic N) is 2. The number of nitro groups is 1. The van der Waals surface area contributed by atoms with Gasteiger partial charge in [-0.1, -0.05) is 0 Å². The normalized spacial score (nSPS) is 12.8. The number of rotatable bonds is 10. The van der Waals surface area contributed by atoms with E-state index in [1.807, 2.05) is 0 Å². The second-order valence-electron chi connectivity index (χ2n) is 5.50. The quantitative estimate of drug-likeness (QED) is 0.294. The molecule has 0 heterocycles. The zero-order valence-corrected chi connectivity index (χ0v) is 16.3. The molecule has 0 bridgehead atoms. The summed E-state index contributed by atoms with van der Waals surface area (Å²) in [6.45, 7) is -1.41. The fourth-order valence-electron chi connectivity index (χ4n) is 2.07. The lowest BCUT2D eigenvalue weighted by atomic mass is 10.1. The topological polar surface area (TPSA) is 133 Å². The predicted octanol–water partition coefficient (Wildman–Crippen LogP) is 1.37. The van der Waals surface area contributed by atoms with Crippen molar-refractivity contribution in [3.8, 4) is 0 Å². The van der Waals surface area contributed by atoms with E-state index in [1.54, 1.807) is 0 Å². The Hall–Kier alpha value is -1.97. The third-order valence-electron chi connectivity index (χ3n) is 3.16. The second-order valence-corrected chi connectivity index (χ2v) is 8.78. The molecule has 0 N–H and O–H groups in total. The molecule has 28 heavy (non-hydrogen) atoms. The maximum atomic E-state index is 13.1. The van der Waals surface area contributed by atoms with Crippen LogP contribution in [0.2, 0.25) is 0 Å². The SMILES string of the molecule is CS(=O)(=O)OCCN(CCOS(C)(=O)=O)c1ccc([N+](=O)[O-])c(C(F)(F)F)c1. The lowest BCUT2D eigenvalue weighted by Gasteiger charge is -2.25. The van der Waals surface area contributed by atoms with Gasteiger partial charge in [0, 0.05) is 24.8 Å². The number of nitro benzene ring substituents is 1. The van der Waals surface area contributed by atoms with E-state index in [2.05, 4.69) is 8.37 Å². The Balaban J connectivity index is 3.17. The summed E-state index contributed by atoms with van der Waals surface area (Å²) < 4.78 is 92.6. The summed E-state index contributed by atoms with van der Waals surface area (Å²) in [5.74, 6) is 0. The van der Waals surface area contributed by atoms with E-state index in [0.29, 0.717) is 12.1 Å². The van der Waals surface area contributed by atoms with Crippen LogP contribution in [0.15, 0.2) is 18.2 Å². The molecule has 1 aromatic rings. The van der Waals surface area contributed by atoms with Gasteiger partial charge in [-0.3, -0.25) is 18.5 Å². The summed E-state index contributed by atoms with van der Waals surface area (Å²) in [7, 11) is -7.64. The highest BCUT2D eigenvalue weighted by atomic mass is 32.2. The van der Waals surface area contributed by atoms with Crippen molar-refractivity contribution in [1.82, 2.24) is 0 Å². The first-order valence-corrected chi connectivity index (χ1v) is 11.0. The van der Waals surface area contributed by atoms with E-state index in [4.69, 9.17) is 0 Å². The molecule has 0 aliphatic rings. The highest BCUT2D eigenvalue weighted by Crippen LogP contribution is 2.38. The van der Waals surface area contributed by atoms with Crippen molar-refractivity contribution in [1.29, 1.82) is 0 Å². The van der Waals surface area contributed by atoms with Crippen molar-refractivity contribution in [2.45, 2.75) is 6.18 Å². The zero-order chi connectivity index (χ0) is 21.8. The number of anilines is 1. The van der Waals surface area contributed by atoms with Gasteiger partial charge in [0.05, 0.1) is 30.6 Å². The molecule has 0 atom stereocenters. The number of alkyl halides is 3. The summed E-state index contributed by atoms with van der Waals surface area (Å²) in [5, 5.41) is 10.8.